The third kappa shape index (κ3) is 3.08. The average molecular weight is 385 g/mol. The minimum Gasteiger partial charge on any atom is -0.350 e. The minimum atomic E-state index is -0.415. The summed E-state index contributed by atoms with van der Waals surface area (Å²) in [5.41, 5.74) is 0.769. The second kappa shape index (κ2) is 7.04. The fraction of sp³-hybridized carbons (Fsp3) is 0.476. The number of halogens is 1. The van der Waals surface area contributed by atoms with E-state index in [1.165, 1.54) is 12.1 Å². The third-order valence-corrected chi connectivity index (χ3v) is 6.16. The average Bonchev–Trinajstić information content (AvgIpc) is 3.16. The van der Waals surface area contributed by atoms with Crippen LogP contribution in [-0.4, -0.2) is 51.4 Å². The Hall–Kier alpha value is -2.70. The summed E-state index contributed by atoms with van der Waals surface area (Å²) in [6.07, 6.45) is 3.46. The van der Waals surface area contributed by atoms with Crippen LogP contribution in [0.4, 0.5) is 4.39 Å². The number of aromatic nitrogens is 1. The van der Waals surface area contributed by atoms with Crippen molar-refractivity contribution in [3.05, 3.63) is 41.9 Å². The number of nitrogens with zero attached hydrogens (tertiary/aromatic N) is 3. The first-order valence-electron chi connectivity index (χ1n) is 9.72. The normalized spacial score (nSPS) is 24.8. The van der Waals surface area contributed by atoms with Crippen molar-refractivity contribution in [3.63, 3.8) is 0 Å². The van der Waals surface area contributed by atoms with Crippen LogP contribution >= 0.6 is 0 Å². The first kappa shape index (κ1) is 18.7. The largest absolute Gasteiger partial charge is 0.350 e. The van der Waals surface area contributed by atoms with Gasteiger partial charge in [-0.05, 0) is 56.9 Å². The lowest BCUT2D eigenvalue weighted by Gasteiger charge is -2.56. The van der Waals surface area contributed by atoms with Gasteiger partial charge in [0, 0.05) is 31.6 Å². The number of amides is 2. The highest BCUT2D eigenvalue weighted by molar-refractivity contribution is 5.93. The monoisotopic (exact) mass is 385 g/mol. The maximum Gasteiger partial charge on any atom is 0.293 e. The van der Waals surface area contributed by atoms with Gasteiger partial charge >= 0.3 is 0 Å². The number of likely N-dealkylation sites (tertiary alicyclic amines) is 2. The molecule has 2 amide bonds. The zero-order chi connectivity index (χ0) is 19.9. The molecule has 1 aromatic carbocycles. The van der Waals surface area contributed by atoms with Gasteiger partial charge in [-0.3, -0.25) is 9.59 Å². The van der Waals surface area contributed by atoms with E-state index in [9.17, 15) is 14.0 Å². The lowest BCUT2D eigenvalue weighted by atomic mass is 9.76. The number of rotatable bonds is 2. The smallest absolute Gasteiger partial charge is 0.293 e. The lowest BCUT2D eigenvalue weighted by molar-refractivity contribution is -0.140. The molecule has 2 saturated heterocycles. The van der Waals surface area contributed by atoms with E-state index in [1.54, 1.807) is 25.1 Å². The van der Waals surface area contributed by atoms with E-state index in [1.807, 2.05) is 9.80 Å². The molecular weight excluding hydrogens is 361 g/mol. The topological polar surface area (TPSA) is 66.7 Å². The van der Waals surface area contributed by atoms with Crippen molar-refractivity contribution in [1.82, 2.24) is 15.0 Å². The molecule has 2 fully saturated rings. The second-order valence-electron chi connectivity index (χ2n) is 7.87. The maximum absolute atomic E-state index is 13.3. The van der Waals surface area contributed by atoms with Crippen LogP contribution in [0.2, 0.25) is 0 Å². The molecule has 0 N–H and O–H groups in total. The molecule has 28 heavy (non-hydrogen) atoms. The molecule has 2 atom stereocenters. The summed E-state index contributed by atoms with van der Waals surface area (Å²) in [6.45, 7) is 5.04. The molecule has 2 aliphatic rings. The number of fused-ring (bicyclic) bond motifs is 1. The number of piperidine rings is 2. The molecule has 2 aromatic rings. The van der Waals surface area contributed by atoms with E-state index < -0.39 is 5.54 Å². The first-order chi connectivity index (χ1) is 13.4. The summed E-state index contributed by atoms with van der Waals surface area (Å²) >= 11 is 0. The van der Waals surface area contributed by atoms with Gasteiger partial charge in [0.2, 0.25) is 11.7 Å². The van der Waals surface area contributed by atoms with Gasteiger partial charge in [0.05, 0.1) is 11.6 Å². The van der Waals surface area contributed by atoms with E-state index in [-0.39, 0.29) is 29.4 Å². The summed E-state index contributed by atoms with van der Waals surface area (Å²) < 4.78 is 18.5. The highest BCUT2D eigenvalue weighted by Crippen LogP contribution is 2.40. The van der Waals surface area contributed by atoms with Crippen LogP contribution in [0.1, 0.15) is 50.1 Å². The van der Waals surface area contributed by atoms with E-state index in [0.29, 0.717) is 17.8 Å². The summed E-state index contributed by atoms with van der Waals surface area (Å²) in [5.74, 6) is -0.314. The minimum absolute atomic E-state index is 0.0240. The molecule has 0 unspecified atom stereocenters. The van der Waals surface area contributed by atoms with Crippen LogP contribution in [0, 0.1) is 5.82 Å². The number of carbonyl (C=O) groups excluding carboxylic acids is 2. The lowest BCUT2D eigenvalue weighted by Crippen LogP contribution is -2.68. The van der Waals surface area contributed by atoms with Crippen molar-refractivity contribution in [3.8, 4) is 11.3 Å². The maximum atomic E-state index is 13.3. The Morgan fingerprint density at radius 1 is 1.21 bits per heavy atom. The number of hydrogen-bond acceptors (Lipinski definition) is 4. The molecule has 3 heterocycles. The van der Waals surface area contributed by atoms with Gasteiger partial charge in [-0.2, -0.15) is 0 Å². The molecular formula is C21H24FN3O3. The third-order valence-electron chi connectivity index (χ3n) is 6.16. The van der Waals surface area contributed by atoms with E-state index in [2.05, 4.69) is 12.1 Å². The molecule has 7 heteroatoms. The van der Waals surface area contributed by atoms with Gasteiger partial charge in [0.15, 0.2) is 0 Å². The van der Waals surface area contributed by atoms with Crippen LogP contribution in [0.3, 0.4) is 0 Å². The van der Waals surface area contributed by atoms with Crippen molar-refractivity contribution in [2.75, 3.05) is 13.1 Å². The van der Waals surface area contributed by atoms with E-state index in [0.717, 1.165) is 32.2 Å². The molecule has 0 bridgehead atoms. The predicted molar refractivity (Wildman–Crippen MR) is 101 cm³/mol. The van der Waals surface area contributed by atoms with Crippen molar-refractivity contribution in [2.24, 2.45) is 0 Å². The molecule has 1 aromatic heterocycles. The highest BCUT2D eigenvalue weighted by Gasteiger charge is 2.50. The van der Waals surface area contributed by atoms with Crippen LogP contribution in [0.5, 0.6) is 0 Å². The van der Waals surface area contributed by atoms with Gasteiger partial charge in [-0.15, -0.1) is 0 Å². The highest BCUT2D eigenvalue weighted by atomic mass is 19.1. The Morgan fingerprint density at radius 2 is 1.96 bits per heavy atom. The summed E-state index contributed by atoms with van der Waals surface area (Å²) in [4.78, 5) is 29.1. The van der Waals surface area contributed by atoms with Gasteiger partial charge < -0.3 is 14.3 Å². The van der Waals surface area contributed by atoms with Crippen LogP contribution < -0.4 is 0 Å². The molecule has 0 spiro atoms. The quantitative estimate of drug-likeness (QED) is 0.794. The van der Waals surface area contributed by atoms with Crippen molar-refractivity contribution < 1.29 is 18.5 Å². The van der Waals surface area contributed by atoms with Gasteiger partial charge in [0.1, 0.15) is 11.5 Å². The molecule has 0 saturated carbocycles. The van der Waals surface area contributed by atoms with Crippen molar-refractivity contribution >= 4 is 11.8 Å². The second-order valence-corrected chi connectivity index (χ2v) is 7.87. The fourth-order valence-electron chi connectivity index (χ4n) is 4.72. The van der Waals surface area contributed by atoms with Gasteiger partial charge in [-0.1, -0.05) is 5.16 Å². The van der Waals surface area contributed by atoms with Crippen LogP contribution in [0.15, 0.2) is 34.9 Å². The van der Waals surface area contributed by atoms with Crippen LogP contribution in [0.25, 0.3) is 11.3 Å². The van der Waals surface area contributed by atoms with Gasteiger partial charge in [-0.25, -0.2) is 4.39 Å². The molecule has 0 aliphatic carbocycles. The van der Waals surface area contributed by atoms with Crippen molar-refractivity contribution in [1.29, 1.82) is 0 Å². The summed E-state index contributed by atoms with van der Waals surface area (Å²) in [7, 11) is 0. The first-order valence-corrected chi connectivity index (χ1v) is 9.72. The van der Waals surface area contributed by atoms with E-state index >= 15 is 0 Å². The van der Waals surface area contributed by atoms with E-state index in [4.69, 9.17) is 4.52 Å². The Labute approximate surface area is 163 Å². The Bertz CT molecular complexity index is 895. The van der Waals surface area contributed by atoms with Gasteiger partial charge in [0.25, 0.3) is 5.91 Å². The summed E-state index contributed by atoms with van der Waals surface area (Å²) in [6, 6.07) is 7.53. The fourth-order valence-corrected chi connectivity index (χ4v) is 4.72. The zero-order valence-corrected chi connectivity index (χ0v) is 16.2. The standard InChI is InChI=1S/C21H24FN3O3/c1-14(26)24-11-4-10-21(2)19(24)5-3-12-25(21)20(27)18-13-17(23-28-18)15-6-8-16(22)9-7-15/h6-9,13,19H,3-5,10-12H2,1-2H3/t19-,21+/m1/s1. The number of benzene rings is 1. The Morgan fingerprint density at radius 3 is 2.68 bits per heavy atom. The summed E-state index contributed by atoms with van der Waals surface area (Å²) in [5, 5.41) is 3.99. The SMILES string of the molecule is CC(=O)N1CCC[C@@]2(C)[C@H]1CCCN2C(=O)c1cc(-c2ccc(F)cc2)no1. The van der Waals surface area contributed by atoms with Crippen molar-refractivity contribution in [2.45, 2.75) is 51.1 Å². The zero-order valence-electron chi connectivity index (χ0n) is 16.2. The Balaban J connectivity index is 1.61. The molecule has 0 radical (unpaired) electrons. The molecule has 4 rings (SSSR count). The predicted octanol–water partition coefficient (Wildman–Crippen LogP) is 3.49. The molecule has 2 aliphatic heterocycles. The number of carbonyl (C=O) groups is 2. The molecule has 6 nitrogen and oxygen atoms in total. The van der Waals surface area contributed by atoms with Crippen LogP contribution in [-0.2, 0) is 4.79 Å². The molecule has 148 valence electrons. The number of hydrogen-bond donors (Lipinski definition) is 0. The Kier molecular flexibility index (Phi) is 4.69.